The van der Waals surface area contributed by atoms with E-state index in [0.29, 0.717) is 34.4 Å². The van der Waals surface area contributed by atoms with Crippen molar-refractivity contribution < 1.29 is 28.7 Å². The molecule has 2 aromatic rings. The van der Waals surface area contributed by atoms with Crippen LogP contribution in [0.25, 0.3) is 0 Å². The molecule has 1 atom stereocenters. The molecule has 28 heavy (non-hydrogen) atoms. The van der Waals surface area contributed by atoms with E-state index in [1.807, 2.05) is 6.92 Å². The smallest absolute Gasteiger partial charge is 0.228 e. The number of carbonyl (C=O) groups excluding carboxylic acids is 4. The number of furan rings is 1. The van der Waals surface area contributed by atoms with E-state index in [1.165, 1.54) is 18.2 Å². The maximum absolute atomic E-state index is 13.2. The van der Waals surface area contributed by atoms with Crippen molar-refractivity contribution in [3.05, 3.63) is 69.2 Å². The van der Waals surface area contributed by atoms with Crippen molar-refractivity contribution in [1.82, 2.24) is 0 Å². The number of aliphatic hydroxyl groups excluding tert-OH is 1. The van der Waals surface area contributed by atoms with E-state index >= 15 is 0 Å². The molecule has 3 aliphatic carbocycles. The second kappa shape index (κ2) is 5.45. The Labute approximate surface area is 159 Å². The van der Waals surface area contributed by atoms with Crippen molar-refractivity contribution in [1.29, 1.82) is 0 Å². The van der Waals surface area contributed by atoms with E-state index in [4.69, 9.17) is 4.42 Å². The highest BCUT2D eigenvalue weighted by Gasteiger charge is 2.49. The minimum absolute atomic E-state index is 0.102. The Bertz CT molecular complexity index is 1160. The van der Waals surface area contributed by atoms with Crippen LogP contribution in [-0.4, -0.2) is 34.8 Å². The fourth-order valence-corrected chi connectivity index (χ4v) is 4.72. The molecule has 0 amide bonds. The van der Waals surface area contributed by atoms with Crippen molar-refractivity contribution in [2.24, 2.45) is 0 Å². The molecule has 5 rings (SSSR count). The number of ketones is 4. The molecule has 0 bridgehead atoms. The summed E-state index contributed by atoms with van der Waals surface area (Å²) in [5.74, 6) is -0.676. The lowest BCUT2D eigenvalue weighted by molar-refractivity contribution is 0.0955. The van der Waals surface area contributed by atoms with Crippen molar-refractivity contribution in [3.8, 4) is 0 Å². The van der Waals surface area contributed by atoms with Gasteiger partial charge in [0.1, 0.15) is 5.76 Å². The normalized spacial score (nSPS) is 22.2. The molecule has 1 aromatic heterocycles. The van der Waals surface area contributed by atoms with Gasteiger partial charge < -0.3 is 9.52 Å². The Morgan fingerprint density at radius 3 is 2.39 bits per heavy atom. The van der Waals surface area contributed by atoms with Gasteiger partial charge >= 0.3 is 0 Å². The predicted molar refractivity (Wildman–Crippen MR) is 97.2 cm³/mol. The maximum atomic E-state index is 13.2. The van der Waals surface area contributed by atoms with Crippen LogP contribution in [0.1, 0.15) is 83.8 Å². The number of rotatable bonds is 2. The Balaban J connectivity index is 1.84. The number of carbonyl (C=O) groups is 4. The number of allylic oxidation sites excluding steroid dienone is 2. The molecule has 1 aromatic carbocycles. The Morgan fingerprint density at radius 2 is 1.71 bits per heavy atom. The molecular formula is C22H16O6. The lowest BCUT2D eigenvalue weighted by Crippen LogP contribution is -2.38. The largest absolute Gasteiger partial charge is 0.456 e. The highest BCUT2D eigenvalue weighted by Crippen LogP contribution is 2.51. The van der Waals surface area contributed by atoms with E-state index in [9.17, 15) is 24.3 Å². The van der Waals surface area contributed by atoms with Gasteiger partial charge in [-0.3, -0.25) is 19.2 Å². The molecule has 0 fully saturated rings. The average Bonchev–Trinajstić information content (AvgIpc) is 3.07. The first-order valence-electron chi connectivity index (χ1n) is 9.17. The number of aliphatic hydroxyl groups is 1. The second-order valence-corrected chi connectivity index (χ2v) is 7.67. The zero-order valence-electron chi connectivity index (χ0n) is 15.1. The zero-order chi connectivity index (χ0) is 19.8. The lowest BCUT2D eigenvalue weighted by Gasteiger charge is -2.38. The number of fused-ring (bicyclic) bond motifs is 3. The average molecular weight is 376 g/mol. The van der Waals surface area contributed by atoms with Gasteiger partial charge in [-0.2, -0.15) is 0 Å². The first-order chi connectivity index (χ1) is 13.4. The van der Waals surface area contributed by atoms with Gasteiger partial charge in [0.2, 0.25) is 5.78 Å². The van der Waals surface area contributed by atoms with Crippen LogP contribution in [0.2, 0.25) is 0 Å². The van der Waals surface area contributed by atoms with Gasteiger partial charge in [0.05, 0.1) is 12.2 Å². The van der Waals surface area contributed by atoms with Crippen molar-refractivity contribution in [3.63, 3.8) is 0 Å². The van der Waals surface area contributed by atoms with Crippen molar-refractivity contribution in [2.45, 2.75) is 31.6 Å². The van der Waals surface area contributed by atoms with Crippen molar-refractivity contribution >= 4 is 23.1 Å². The summed E-state index contributed by atoms with van der Waals surface area (Å²) in [5.41, 5.74) is 1.72. The molecule has 0 unspecified atom stereocenters. The Morgan fingerprint density at radius 1 is 1.04 bits per heavy atom. The molecule has 0 aliphatic heterocycles. The molecule has 0 saturated heterocycles. The quantitative estimate of drug-likeness (QED) is 0.864. The van der Waals surface area contributed by atoms with Gasteiger partial charge in [-0.15, -0.1) is 0 Å². The van der Waals surface area contributed by atoms with E-state index in [-0.39, 0.29) is 53.7 Å². The fraction of sp³-hybridized carbons (Fsp3) is 0.273. The molecule has 1 heterocycles. The minimum Gasteiger partial charge on any atom is -0.456 e. The number of hydrogen-bond donors (Lipinski definition) is 1. The summed E-state index contributed by atoms with van der Waals surface area (Å²) < 4.78 is 5.78. The van der Waals surface area contributed by atoms with E-state index in [2.05, 4.69) is 0 Å². The summed E-state index contributed by atoms with van der Waals surface area (Å²) in [6, 6.07) is 3.11. The minimum atomic E-state index is -0.682. The molecule has 0 saturated carbocycles. The SMILES string of the molecule is C[C@@]12CCC(=O)c3c(CCO)oc(c31)C(=O)c1cc3c(cc12)C(=O)C=CC3=O. The number of benzene rings is 1. The summed E-state index contributed by atoms with van der Waals surface area (Å²) in [6.45, 7) is 1.73. The fourth-order valence-electron chi connectivity index (χ4n) is 4.72. The Kier molecular flexibility index (Phi) is 3.31. The van der Waals surface area contributed by atoms with Crippen LogP contribution in [0.5, 0.6) is 0 Å². The highest BCUT2D eigenvalue weighted by atomic mass is 16.4. The molecule has 0 spiro atoms. The van der Waals surface area contributed by atoms with Crippen LogP contribution in [-0.2, 0) is 11.8 Å². The van der Waals surface area contributed by atoms with Crippen LogP contribution < -0.4 is 0 Å². The van der Waals surface area contributed by atoms with Gasteiger partial charge in [-0.25, -0.2) is 0 Å². The maximum Gasteiger partial charge on any atom is 0.228 e. The summed E-state index contributed by atoms with van der Waals surface area (Å²) in [4.78, 5) is 50.4. The van der Waals surface area contributed by atoms with Gasteiger partial charge in [0, 0.05) is 40.5 Å². The predicted octanol–water partition coefficient (Wildman–Crippen LogP) is 2.58. The summed E-state index contributed by atoms with van der Waals surface area (Å²) in [6.07, 6.45) is 3.34. The highest BCUT2D eigenvalue weighted by molar-refractivity contribution is 6.24. The third kappa shape index (κ3) is 1.95. The topological polar surface area (TPSA) is 102 Å². The van der Waals surface area contributed by atoms with E-state index in [1.54, 1.807) is 6.07 Å². The van der Waals surface area contributed by atoms with Gasteiger partial charge in [-0.05, 0) is 36.3 Å². The van der Waals surface area contributed by atoms with Gasteiger partial charge in [0.15, 0.2) is 23.1 Å². The summed E-state index contributed by atoms with van der Waals surface area (Å²) in [7, 11) is 0. The molecule has 140 valence electrons. The van der Waals surface area contributed by atoms with Crippen molar-refractivity contribution in [2.75, 3.05) is 6.61 Å². The van der Waals surface area contributed by atoms with Crippen LogP contribution in [0.4, 0.5) is 0 Å². The first-order valence-corrected chi connectivity index (χ1v) is 9.17. The van der Waals surface area contributed by atoms with Crippen LogP contribution in [0.15, 0.2) is 28.7 Å². The molecule has 0 radical (unpaired) electrons. The van der Waals surface area contributed by atoms with Crippen LogP contribution in [0, 0.1) is 0 Å². The monoisotopic (exact) mass is 376 g/mol. The summed E-state index contributed by atoms with van der Waals surface area (Å²) >= 11 is 0. The number of hydrogen-bond acceptors (Lipinski definition) is 6. The standard InChI is InChI=1S/C22H16O6/c1-22-6-4-16(26)18-17(5-7-23)28-21(19(18)22)20(27)12-8-10-11(9-13(12)22)15(25)3-2-14(10)24/h2-3,8-9,23H,4-7H2,1H3/t22-/m0/s1. The molecule has 1 N–H and O–H groups in total. The third-order valence-corrected chi connectivity index (χ3v) is 6.12. The zero-order valence-corrected chi connectivity index (χ0v) is 15.1. The van der Waals surface area contributed by atoms with E-state index in [0.717, 1.165) is 0 Å². The molecule has 6 nitrogen and oxygen atoms in total. The summed E-state index contributed by atoms with van der Waals surface area (Å²) in [5, 5.41) is 9.34. The van der Waals surface area contributed by atoms with E-state index < -0.39 is 11.2 Å². The Hall–Kier alpha value is -3.12. The second-order valence-electron chi connectivity index (χ2n) is 7.67. The molecule has 6 heteroatoms. The number of Topliss-reactive ketones (excluding diaryl/α,β-unsaturated/α-hetero) is 1. The molecular weight excluding hydrogens is 360 g/mol. The van der Waals surface area contributed by atoms with Crippen LogP contribution in [0.3, 0.4) is 0 Å². The third-order valence-electron chi connectivity index (χ3n) is 6.12. The van der Waals surface area contributed by atoms with Gasteiger partial charge in [-0.1, -0.05) is 6.92 Å². The van der Waals surface area contributed by atoms with Gasteiger partial charge in [0.25, 0.3) is 0 Å². The first kappa shape index (κ1) is 17.0. The van der Waals surface area contributed by atoms with Crippen LogP contribution >= 0.6 is 0 Å². The lowest BCUT2D eigenvalue weighted by atomic mass is 9.61. The molecule has 3 aliphatic rings.